The lowest BCUT2D eigenvalue weighted by atomic mass is 9.53. The monoisotopic (exact) mass is 640 g/mol. The number of aromatic nitrogens is 7. The van der Waals surface area contributed by atoms with Crippen molar-refractivity contribution in [2.24, 2.45) is 23.7 Å². The van der Waals surface area contributed by atoms with E-state index < -0.39 is 0 Å². The second kappa shape index (κ2) is 10.4. The van der Waals surface area contributed by atoms with Crippen LogP contribution in [0.2, 0.25) is 0 Å². The Bertz CT molecular complexity index is 2250. The molecule has 1 aliphatic heterocycles. The van der Waals surface area contributed by atoms with Gasteiger partial charge in [-0.2, -0.15) is 10.1 Å². The smallest absolute Gasteiger partial charge is 0.254 e. The van der Waals surface area contributed by atoms with Gasteiger partial charge in [0.1, 0.15) is 16.9 Å². The minimum Gasteiger partial charge on any atom is -0.494 e. The number of carbonyl (C=O) groups is 1. The van der Waals surface area contributed by atoms with E-state index in [-0.39, 0.29) is 5.91 Å². The first-order valence-corrected chi connectivity index (χ1v) is 16.9. The van der Waals surface area contributed by atoms with E-state index in [4.69, 9.17) is 19.4 Å². The van der Waals surface area contributed by atoms with E-state index in [1.54, 1.807) is 18.9 Å². The first-order valence-electron chi connectivity index (χ1n) is 16.9. The Morgan fingerprint density at radius 1 is 0.979 bits per heavy atom. The molecule has 11 nitrogen and oxygen atoms in total. The van der Waals surface area contributed by atoms with Crippen LogP contribution in [0.3, 0.4) is 0 Å². The number of methoxy groups -OCH3 is 2. The number of pyridine rings is 2. The minimum atomic E-state index is 0.0864. The predicted octanol–water partition coefficient (Wildman–Crippen LogP) is 5.59. The van der Waals surface area contributed by atoms with E-state index in [2.05, 4.69) is 36.2 Å². The number of carbonyl (C=O) groups excluding carboxylic acids is 1. The number of fused-ring (bicyclic) bond motifs is 2. The van der Waals surface area contributed by atoms with Crippen molar-refractivity contribution < 1.29 is 14.3 Å². The van der Waals surface area contributed by atoms with E-state index in [1.165, 1.54) is 19.3 Å². The molecule has 242 valence electrons. The molecule has 48 heavy (non-hydrogen) atoms. The van der Waals surface area contributed by atoms with Crippen LogP contribution in [0.15, 0.2) is 67.1 Å². The van der Waals surface area contributed by atoms with Crippen LogP contribution in [0, 0.1) is 23.7 Å². The van der Waals surface area contributed by atoms with Crippen LogP contribution in [0.4, 0.5) is 0 Å². The molecule has 0 spiro atoms. The maximum Gasteiger partial charge on any atom is 0.254 e. The van der Waals surface area contributed by atoms with E-state index >= 15 is 0 Å². The SMILES string of the molecule is COc1cccc(-n2cc(Cn3c(-c4cc5cccnc5n4CC4CC4)nc4cc(C(=O)N5CC6CC7CC5[C@H]76)cc(OC)c43)cn2)n1. The van der Waals surface area contributed by atoms with Gasteiger partial charge in [0, 0.05) is 54.1 Å². The van der Waals surface area contributed by atoms with E-state index in [9.17, 15) is 4.79 Å². The van der Waals surface area contributed by atoms with Crippen molar-refractivity contribution in [3.05, 3.63) is 78.2 Å². The second-order valence-corrected chi connectivity index (χ2v) is 14.0. The summed E-state index contributed by atoms with van der Waals surface area (Å²) in [5.41, 5.74) is 5.15. The standard InChI is InChI=1S/C37H36N8O3/c1-47-30-15-25(37(46)43-20-26-11-24-14-28(43)33(24)26)12-27-34(30)44(18-22-16-39-45(19-22)31-6-3-7-32(41-31)48-2)36(40-27)29-13-23-5-4-10-38-35(23)42(29)17-21-8-9-21/h3-7,10,12-13,15-16,19,21,24,26,28,33H,8-9,11,14,17-18,20H2,1-2H3/t24?,26?,28?,33-/m1/s1. The third-order valence-corrected chi connectivity index (χ3v) is 11.2. The number of hydrogen-bond donors (Lipinski definition) is 0. The van der Waals surface area contributed by atoms with Crippen molar-refractivity contribution in [2.45, 2.75) is 44.8 Å². The number of likely N-dealkylation sites (tertiary alicyclic amines) is 1. The van der Waals surface area contributed by atoms with E-state index in [0.717, 1.165) is 64.6 Å². The molecule has 1 amide bonds. The molecule has 4 aliphatic rings. The van der Waals surface area contributed by atoms with Crippen molar-refractivity contribution in [1.29, 1.82) is 0 Å². The number of imidazole rings is 1. The van der Waals surface area contributed by atoms with Gasteiger partial charge in [0.05, 0.1) is 38.2 Å². The molecule has 0 bridgehead atoms. The maximum absolute atomic E-state index is 14.0. The average Bonchev–Trinajstić information content (AvgIpc) is 3.50. The zero-order chi connectivity index (χ0) is 32.1. The highest BCUT2D eigenvalue weighted by Crippen LogP contribution is 2.60. The quantitative estimate of drug-likeness (QED) is 0.203. The predicted molar refractivity (Wildman–Crippen MR) is 179 cm³/mol. The van der Waals surface area contributed by atoms with Gasteiger partial charge in [0.25, 0.3) is 5.91 Å². The third kappa shape index (κ3) is 4.22. The van der Waals surface area contributed by atoms with Crippen LogP contribution in [0.1, 0.15) is 41.6 Å². The molecule has 3 saturated carbocycles. The Morgan fingerprint density at radius 2 is 1.90 bits per heavy atom. The number of amides is 1. The summed E-state index contributed by atoms with van der Waals surface area (Å²) in [6.45, 7) is 2.24. The lowest BCUT2D eigenvalue weighted by molar-refractivity contribution is -0.0204. The fourth-order valence-electron chi connectivity index (χ4n) is 8.63. The van der Waals surface area contributed by atoms with Crippen molar-refractivity contribution in [3.8, 4) is 29.0 Å². The molecule has 3 unspecified atom stereocenters. The third-order valence-electron chi connectivity index (χ3n) is 11.2. The Labute approximate surface area is 277 Å². The van der Waals surface area contributed by atoms with E-state index in [0.29, 0.717) is 53.4 Å². The lowest BCUT2D eigenvalue weighted by Crippen LogP contribution is -2.53. The summed E-state index contributed by atoms with van der Waals surface area (Å²) in [5.74, 6) is 5.56. The van der Waals surface area contributed by atoms with Gasteiger partial charge in [-0.15, -0.1) is 0 Å². The number of benzene rings is 1. The molecular weight excluding hydrogens is 604 g/mol. The Morgan fingerprint density at radius 3 is 2.71 bits per heavy atom. The van der Waals surface area contributed by atoms with Crippen LogP contribution in [0.5, 0.6) is 11.6 Å². The molecule has 1 saturated heterocycles. The Hall–Kier alpha value is -5.19. The van der Waals surface area contributed by atoms with Gasteiger partial charge < -0.3 is 23.5 Å². The molecule has 0 radical (unpaired) electrons. The summed E-state index contributed by atoms with van der Waals surface area (Å²) >= 11 is 0. The highest BCUT2D eigenvalue weighted by atomic mass is 16.5. The molecule has 6 aromatic rings. The zero-order valence-electron chi connectivity index (χ0n) is 27.0. The van der Waals surface area contributed by atoms with Crippen molar-refractivity contribution in [1.82, 2.24) is 38.8 Å². The molecule has 1 aromatic carbocycles. The van der Waals surface area contributed by atoms with Crippen LogP contribution in [-0.4, -0.2) is 71.5 Å². The minimum absolute atomic E-state index is 0.0864. The van der Waals surface area contributed by atoms with Gasteiger partial charge in [-0.3, -0.25) is 4.79 Å². The summed E-state index contributed by atoms with van der Waals surface area (Å²) in [4.78, 5) is 30.8. The van der Waals surface area contributed by atoms with Gasteiger partial charge in [0.15, 0.2) is 11.6 Å². The van der Waals surface area contributed by atoms with Crippen LogP contribution in [-0.2, 0) is 13.1 Å². The van der Waals surface area contributed by atoms with Gasteiger partial charge >= 0.3 is 0 Å². The Kier molecular flexibility index (Phi) is 6.04. The first kappa shape index (κ1) is 27.9. The van der Waals surface area contributed by atoms with Gasteiger partial charge in [-0.25, -0.2) is 14.6 Å². The van der Waals surface area contributed by atoms with Crippen molar-refractivity contribution in [2.75, 3.05) is 20.8 Å². The molecule has 0 N–H and O–H groups in total. The number of ether oxygens (including phenoxy) is 2. The zero-order valence-corrected chi connectivity index (χ0v) is 27.0. The highest BCUT2D eigenvalue weighted by molar-refractivity contribution is 6.00. The molecule has 3 aliphatic carbocycles. The Balaban J connectivity index is 1.11. The van der Waals surface area contributed by atoms with Crippen LogP contribution in [0.25, 0.3) is 39.4 Å². The molecule has 5 aromatic heterocycles. The summed E-state index contributed by atoms with van der Waals surface area (Å²) in [6, 6.07) is 16.2. The van der Waals surface area contributed by atoms with Crippen molar-refractivity contribution >= 4 is 28.0 Å². The van der Waals surface area contributed by atoms with Crippen molar-refractivity contribution in [3.63, 3.8) is 0 Å². The largest absolute Gasteiger partial charge is 0.494 e. The highest BCUT2D eigenvalue weighted by Gasteiger charge is 2.61. The summed E-state index contributed by atoms with van der Waals surface area (Å²) in [6.07, 6.45) is 10.6. The maximum atomic E-state index is 14.0. The second-order valence-electron chi connectivity index (χ2n) is 14.0. The fourth-order valence-corrected chi connectivity index (χ4v) is 8.63. The summed E-state index contributed by atoms with van der Waals surface area (Å²) < 4.78 is 17.7. The summed E-state index contributed by atoms with van der Waals surface area (Å²) in [7, 11) is 3.28. The average molecular weight is 641 g/mol. The normalized spacial score (nSPS) is 22.5. The number of hydrogen-bond acceptors (Lipinski definition) is 7. The van der Waals surface area contributed by atoms with E-state index in [1.807, 2.05) is 55.0 Å². The molecule has 6 heterocycles. The van der Waals surface area contributed by atoms with Gasteiger partial charge in [-0.05, 0) is 85.8 Å². The van der Waals surface area contributed by atoms with Gasteiger partial charge in [0.2, 0.25) is 5.88 Å². The van der Waals surface area contributed by atoms with Crippen LogP contribution < -0.4 is 9.47 Å². The summed E-state index contributed by atoms with van der Waals surface area (Å²) in [5, 5.41) is 5.72. The molecular formula is C37H36N8O3. The fraction of sp³-hybridized carbons (Fsp3) is 0.378. The number of nitrogens with zero attached hydrogens (tertiary/aromatic N) is 8. The molecule has 4 fully saturated rings. The topological polar surface area (TPSA) is 105 Å². The lowest BCUT2D eigenvalue weighted by Gasteiger charge is -2.52. The van der Waals surface area contributed by atoms with Gasteiger partial charge in [-0.1, -0.05) is 6.07 Å². The first-order chi connectivity index (χ1) is 23.6. The molecule has 11 heteroatoms. The molecule has 4 atom stereocenters. The molecule has 10 rings (SSSR count). The van der Waals surface area contributed by atoms with Crippen LogP contribution >= 0.6 is 0 Å². The number of rotatable bonds is 9.